The van der Waals surface area contributed by atoms with Crippen molar-refractivity contribution in [3.05, 3.63) is 12.2 Å². The van der Waals surface area contributed by atoms with E-state index in [0.29, 0.717) is 12.8 Å². The van der Waals surface area contributed by atoms with Gasteiger partial charge in [-0.1, -0.05) is 129 Å². The number of carbonyl (C=O) groups excluding carboxylic acids is 2. The Kier molecular flexibility index (Phi) is 32.3. The van der Waals surface area contributed by atoms with E-state index < -0.39 is 51.8 Å². The lowest BCUT2D eigenvalue weighted by atomic mass is 10.1. The van der Waals surface area contributed by atoms with Gasteiger partial charge in [-0.05, 0) is 38.5 Å². The molecule has 0 aromatic rings. The smallest absolute Gasteiger partial charge is 0.462 e. The summed E-state index contributed by atoms with van der Waals surface area (Å²) in [6, 6.07) is 0. The van der Waals surface area contributed by atoms with E-state index in [2.05, 4.69) is 30.5 Å². The highest BCUT2D eigenvalue weighted by Crippen LogP contribution is 2.43. The van der Waals surface area contributed by atoms with E-state index in [1.165, 1.54) is 70.6 Å². The van der Waals surface area contributed by atoms with Gasteiger partial charge in [0.1, 0.15) is 12.7 Å². The third kappa shape index (κ3) is 33.0. The topological polar surface area (TPSA) is 149 Å². The molecule has 3 atom stereocenters. The Morgan fingerprint density at radius 1 is 0.617 bits per heavy atom. The van der Waals surface area contributed by atoms with Crippen molar-refractivity contribution in [1.82, 2.24) is 0 Å². The largest absolute Gasteiger partial charge is 0.472 e. The molecule has 0 amide bonds. The maximum atomic E-state index is 12.5. The second-order valence-corrected chi connectivity index (χ2v) is 14.1. The number of esters is 2. The Hall–Kier alpha value is -1.29. The summed E-state index contributed by atoms with van der Waals surface area (Å²) in [5.41, 5.74) is 0. The van der Waals surface area contributed by atoms with Crippen LogP contribution in [0.1, 0.15) is 168 Å². The van der Waals surface area contributed by atoms with Gasteiger partial charge in [-0.25, -0.2) is 4.57 Å². The van der Waals surface area contributed by atoms with Gasteiger partial charge in [-0.2, -0.15) is 0 Å². The molecular formula is C36H69O10P. The maximum absolute atomic E-state index is 12.5. The molecule has 0 rings (SSSR count). The van der Waals surface area contributed by atoms with Gasteiger partial charge in [0, 0.05) is 12.8 Å². The number of ether oxygens (including phenoxy) is 2. The molecule has 1 unspecified atom stereocenters. The van der Waals surface area contributed by atoms with Crippen LogP contribution < -0.4 is 0 Å². The molecule has 0 spiro atoms. The minimum Gasteiger partial charge on any atom is -0.462 e. The zero-order valence-corrected chi connectivity index (χ0v) is 30.6. The third-order valence-electron chi connectivity index (χ3n) is 7.92. The normalized spacial score (nSPS) is 14.2. The molecular weight excluding hydrogens is 623 g/mol. The van der Waals surface area contributed by atoms with Crippen molar-refractivity contribution >= 4 is 19.8 Å². The average Bonchev–Trinajstić information content (AvgIpc) is 3.05. The third-order valence-corrected chi connectivity index (χ3v) is 8.87. The summed E-state index contributed by atoms with van der Waals surface area (Å²) >= 11 is 0. The van der Waals surface area contributed by atoms with Crippen molar-refractivity contribution in [2.24, 2.45) is 0 Å². The van der Waals surface area contributed by atoms with E-state index in [0.717, 1.165) is 57.8 Å². The number of rotatable bonds is 35. The lowest BCUT2D eigenvalue weighted by Crippen LogP contribution is -2.29. The number of aliphatic hydroxyl groups excluding tert-OH is 2. The summed E-state index contributed by atoms with van der Waals surface area (Å²) in [5.74, 6) is -0.933. The zero-order chi connectivity index (χ0) is 34.9. The fourth-order valence-corrected chi connectivity index (χ4v) is 5.78. The Balaban J connectivity index is 4.38. The van der Waals surface area contributed by atoms with Gasteiger partial charge in [-0.3, -0.25) is 18.6 Å². The molecule has 0 aliphatic carbocycles. The predicted octanol–water partition coefficient (Wildman–Crippen LogP) is 8.89. The molecule has 3 N–H and O–H groups in total. The monoisotopic (exact) mass is 692 g/mol. The second-order valence-electron chi connectivity index (χ2n) is 12.6. The average molecular weight is 693 g/mol. The SMILES string of the molecule is CCCCCCC/C=C/CCCCCCCC(=O)O[C@H](COC(=O)CCCCCCCCCCCC)COP(=O)(O)OC[C@@H](O)CO. The number of aliphatic hydroxyl groups is 2. The lowest BCUT2D eigenvalue weighted by Gasteiger charge is -2.20. The number of allylic oxidation sites excluding steroid dienone is 2. The Morgan fingerprint density at radius 2 is 1.04 bits per heavy atom. The number of hydrogen-bond acceptors (Lipinski definition) is 9. The molecule has 0 aromatic heterocycles. The van der Waals surface area contributed by atoms with Gasteiger partial charge >= 0.3 is 19.8 Å². The summed E-state index contributed by atoms with van der Waals surface area (Å²) in [6.45, 7) is 2.33. The van der Waals surface area contributed by atoms with Crippen LogP contribution in [0.15, 0.2) is 12.2 Å². The summed E-state index contributed by atoms with van der Waals surface area (Å²) in [7, 11) is -4.60. The first kappa shape index (κ1) is 45.7. The van der Waals surface area contributed by atoms with Crippen molar-refractivity contribution in [2.75, 3.05) is 26.4 Å². The molecule has 0 saturated carbocycles. The second kappa shape index (κ2) is 33.2. The van der Waals surface area contributed by atoms with Crippen LogP contribution in [0.3, 0.4) is 0 Å². The molecule has 0 saturated heterocycles. The van der Waals surface area contributed by atoms with Crippen LogP contribution in [-0.2, 0) is 32.7 Å². The highest BCUT2D eigenvalue weighted by molar-refractivity contribution is 7.47. The summed E-state index contributed by atoms with van der Waals surface area (Å²) in [6.07, 6.45) is 27.6. The molecule has 278 valence electrons. The van der Waals surface area contributed by atoms with Crippen LogP contribution in [0.5, 0.6) is 0 Å². The highest BCUT2D eigenvalue weighted by Gasteiger charge is 2.27. The molecule has 0 radical (unpaired) electrons. The van der Waals surface area contributed by atoms with Gasteiger partial charge in [0.05, 0.1) is 19.8 Å². The predicted molar refractivity (Wildman–Crippen MR) is 187 cm³/mol. The van der Waals surface area contributed by atoms with Gasteiger partial charge in [0.15, 0.2) is 6.10 Å². The Morgan fingerprint density at radius 3 is 1.53 bits per heavy atom. The first-order valence-electron chi connectivity index (χ1n) is 18.6. The van der Waals surface area contributed by atoms with Crippen LogP contribution in [-0.4, -0.2) is 65.7 Å². The van der Waals surface area contributed by atoms with Crippen molar-refractivity contribution in [3.8, 4) is 0 Å². The molecule has 0 aromatic carbocycles. The van der Waals surface area contributed by atoms with Gasteiger partial charge in [0.2, 0.25) is 0 Å². The van der Waals surface area contributed by atoms with Gasteiger partial charge in [0.25, 0.3) is 0 Å². The lowest BCUT2D eigenvalue weighted by molar-refractivity contribution is -0.161. The van der Waals surface area contributed by atoms with E-state index in [9.17, 15) is 24.2 Å². The molecule has 0 aliphatic heterocycles. The van der Waals surface area contributed by atoms with Crippen molar-refractivity contribution in [2.45, 2.75) is 180 Å². The van der Waals surface area contributed by atoms with Gasteiger partial charge < -0.3 is 24.6 Å². The minimum atomic E-state index is -4.60. The molecule has 0 aliphatic rings. The zero-order valence-electron chi connectivity index (χ0n) is 29.8. The van der Waals surface area contributed by atoms with E-state index in [1.807, 2.05) is 0 Å². The minimum absolute atomic E-state index is 0.178. The van der Waals surface area contributed by atoms with Crippen molar-refractivity contribution in [1.29, 1.82) is 0 Å². The highest BCUT2D eigenvalue weighted by atomic mass is 31.2. The van der Waals surface area contributed by atoms with E-state index in [4.69, 9.17) is 19.1 Å². The number of phosphoric acid groups is 1. The molecule has 10 nitrogen and oxygen atoms in total. The van der Waals surface area contributed by atoms with Crippen LogP contribution >= 0.6 is 7.82 Å². The van der Waals surface area contributed by atoms with Crippen LogP contribution in [0, 0.1) is 0 Å². The first-order chi connectivity index (χ1) is 22.7. The number of phosphoric ester groups is 1. The van der Waals surface area contributed by atoms with Crippen LogP contribution in [0.25, 0.3) is 0 Å². The Labute approximate surface area is 286 Å². The van der Waals surface area contributed by atoms with Gasteiger partial charge in [-0.15, -0.1) is 0 Å². The first-order valence-corrected chi connectivity index (χ1v) is 20.1. The quantitative estimate of drug-likeness (QED) is 0.0254. The molecule has 0 bridgehead atoms. The standard InChI is InChI=1S/C36H69O10P/c1-3-5-7-9-11-13-15-16-17-18-20-22-24-26-28-36(40)46-34(32-45-47(41,42)44-30-33(38)29-37)31-43-35(39)27-25-23-21-19-14-12-10-8-6-4-2/h15-16,33-34,37-38H,3-14,17-32H2,1-2H3,(H,41,42)/b16-15+/t33-,34+/m0/s1. The van der Waals surface area contributed by atoms with Crippen molar-refractivity contribution in [3.63, 3.8) is 0 Å². The summed E-state index contributed by atoms with van der Waals surface area (Å²) in [5, 5.41) is 18.2. The molecule has 0 heterocycles. The maximum Gasteiger partial charge on any atom is 0.472 e. The summed E-state index contributed by atoms with van der Waals surface area (Å²) in [4.78, 5) is 34.7. The van der Waals surface area contributed by atoms with Crippen molar-refractivity contribution < 1.29 is 47.8 Å². The Bertz CT molecular complexity index is 807. The fraction of sp³-hybridized carbons (Fsp3) is 0.889. The van der Waals surface area contributed by atoms with E-state index >= 15 is 0 Å². The van der Waals surface area contributed by atoms with E-state index in [-0.39, 0.29) is 19.4 Å². The van der Waals surface area contributed by atoms with E-state index in [1.54, 1.807) is 0 Å². The molecule has 0 fully saturated rings. The number of hydrogen-bond donors (Lipinski definition) is 3. The number of unbranched alkanes of at least 4 members (excludes halogenated alkanes) is 19. The summed E-state index contributed by atoms with van der Waals surface area (Å²) < 4.78 is 32.5. The molecule has 47 heavy (non-hydrogen) atoms. The van der Waals surface area contributed by atoms with Crippen LogP contribution in [0.2, 0.25) is 0 Å². The molecule has 11 heteroatoms. The number of carbonyl (C=O) groups is 2. The van der Waals surface area contributed by atoms with Crippen LogP contribution in [0.4, 0.5) is 0 Å². The fourth-order valence-electron chi connectivity index (χ4n) is 4.99.